The van der Waals surface area contributed by atoms with Crippen LogP contribution < -0.4 is 5.73 Å². The summed E-state index contributed by atoms with van der Waals surface area (Å²) in [6.07, 6.45) is 1.93. The molecule has 122 valence electrons. The lowest BCUT2D eigenvalue weighted by Crippen LogP contribution is -2.39. The van der Waals surface area contributed by atoms with Gasteiger partial charge in [-0.3, -0.25) is 14.5 Å². The highest BCUT2D eigenvalue weighted by molar-refractivity contribution is 5.83. The predicted molar refractivity (Wildman–Crippen MR) is 88.5 cm³/mol. The maximum atomic E-state index is 11.7. The standard InChI is InChI=1S/C17H22N4O2/c1-12(22)21-8-7-20(10-14(11-21)17(18)23)9-13-3-2-4-16-15(13)5-6-19-16/h2-6,14,19H,7-11H2,1H3,(H2,18,23)/t14-/m1/s1. The molecule has 0 spiro atoms. The fourth-order valence-corrected chi connectivity index (χ4v) is 3.22. The molecule has 3 rings (SSSR count). The highest BCUT2D eigenvalue weighted by Gasteiger charge is 2.27. The number of rotatable bonds is 3. The summed E-state index contributed by atoms with van der Waals surface area (Å²) in [7, 11) is 0. The van der Waals surface area contributed by atoms with Gasteiger partial charge in [-0.25, -0.2) is 0 Å². The molecule has 1 aromatic carbocycles. The number of hydrogen-bond acceptors (Lipinski definition) is 3. The third kappa shape index (κ3) is 3.37. The van der Waals surface area contributed by atoms with Crippen LogP contribution >= 0.6 is 0 Å². The minimum atomic E-state index is -0.344. The molecule has 23 heavy (non-hydrogen) atoms. The Bertz CT molecular complexity index is 724. The van der Waals surface area contributed by atoms with Crippen LogP contribution in [0.3, 0.4) is 0 Å². The van der Waals surface area contributed by atoms with Crippen LogP contribution in [0.25, 0.3) is 10.9 Å². The molecule has 6 nitrogen and oxygen atoms in total. The maximum absolute atomic E-state index is 11.7. The van der Waals surface area contributed by atoms with Gasteiger partial charge in [0, 0.05) is 56.7 Å². The number of H-pyrrole nitrogens is 1. The van der Waals surface area contributed by atoms with Crippen LogP contribution in [0.2, 0.25) is 0 Å². The Kier molecular flexibility index (Phi) is 4.34. The zero-order chi connectivity index (χ0) is 16.4. The summed E-state index contributed by atoms with van der Waals surface area (Å²) in [6.45, 7) is 4.64. The monoisotopic (exact) mass is 314 g/mol. The number of benzene rings is 1. The Morgan fingerprint density at radius 1 is 1.26 bits per heavy atom. The Hall–Kier alpha value is -2.34. The van der Waals surface area contributed by atoms with Gasteiger partial charge < -0.3 is 15.6 Å². The van der Waals surface area contributed by atoms with Crippen molar-refractivity contribution in [2.24, 2.45) is 11.7 Å². The first-order valence-corrected chi connectivity index (χ1v) is 7.87. The molecule has 0 saturated carbocycles. The fraction of sp³-hybridized carbons (Fsp3) is 0.412. The minimum absolute atomic E-state index is 0.00849. The van der Waals surface area contributed by atoms with Gasteiger partial charge in [-0.15, -0.1) is 0 Å². The zero-order valence-corrected chi connectivity index (χ0v) is 13.3. The molecule has 0 aliphatic carbocycles. The average molecular weight is 314 g/mol. The first-order valence-electron chi connectivity index (χ1n) is 7.87. The van der Waals surface area contributed by atoms with Crippen LogP contribution in [0.4, 0.5) is 0 Å². The number of hydrogen-bond donors (Lipinski definition) is 2. The van der Waals surface area contributed by atoms with Crippen LogP contribution in [0.1, 0.15) is 12.5 Å². The topological polar surface area (TPSA) is 82.4 Å². The smallest absolute Gasteiger partial charge is 0.223 e. The van der Waals surface area contributed by atoms with Gasteiger partial charge in [0.1, 0.15) is 0 Å². The fourth-order valence-electron chi connectivity index (χ4n) is 3.22. The molecule has 0 radical (unpaired) electrons. The Balaban J connectivity index is 1.80. The molecule has 2 amide bonds. The van der Waals surface area contributed by atoms with Crippen molar-refractivity contribution < 1.29 is 9.59 Å². The lowest BCUT2D eigenvalue weighted by atomic mass is 10.1. The van der Waals surface area contributed by atoms with E-state index in [1.807, 2.05) is 18.3 Å². The molecule has 3 N–H and O–H groups in total. The lowest BCUT2D eigenvalue weighted by Gasteiger charge is -2.22. The number of carbonyl (C=O) groups excluding carboxylic acids is 2. The van der Waals surface area contributed by atoms with Crippen molar-refractivity contribution in [1.29, 1.82) is 0 Å². The number of primary amides is 1. The first-order chi connectivity index (χ1) is 11.0. The molecule has 1 atom stereocenters. The Morgan fingerprint density at radius 3 is 2.83 bits per heavy atom. The van der Waals surface area contributed by atoms with Gasteiger partial charge in [0.15, 0.2) is 0 Å². The second-order valence-corrected chi connectivity index (χ2v) is 6.16. The second kappa shape index (κ2) is 6.42. The van der Waals surface area contributed by atoms with E-state index in [-0.39, 0.29) is 17.7 Å². The summed E-state index contributed by atoms with van der Waals surface area (Å²) >= 11 is 0. The van der Waals surface area contributed by atoms with Crippen molar-refractivity contribution in [3.8, 4) is 0 Å². The molecule has 1 aromatic heterocycles. The summed E-state index contributed by atoms with van der Waals surface area (Å²) in [5.41, 5.74) is 7.84. The van der Waals surface area contributed by atoms with Crippen LogP contribution in [-0.2, 0) is 16.1 Å². The molecular formula is C17H22N4O2. The molecular weight excluding hydrogens is 292 g/mol. The molecule has 2 aromatic rings. The number of nitrogens with two attached hydrogens (primary N) is 1. The summed E-state index contributed by atoms with van der Waals surface area (Å²) in [5, 5.41) is 1.19. The number of carbonyl (C=O) groups is 2. The summed E-state index contributed by atoms with van der Waals surface area (Å²) < 4.78 is 0. The SMILES string of the molecule is CC(=O)N1CCN(Cc2cccc3[nH]ccc23)C[C@@H](C(N)=O)C1. The number of aromatic nitrogens is 1. The molecule has 0 unspecified atom stereocenters. The zero-order valence-electron chi connectivity index (χ0n) is 13.3. The maximum Gasteiger partial charge on any atom is 0.223 e. The molecule has 0 bridgehead atoms. The molecule has 2 heterocycles. The van der Waals surface area contributed by atoms with Gasteiger partial charge >= 0.3 is 0 Å². The van der Waals surface area contributed by atoms with Crippen LogP contribution in [0, 0.1) is 5.92 Å². The lowest BCUT2D eigenvalue weighted by molar-refractivity contribution is -0.130. The second-order valence-electron chi connectivity index (χ2n) is 6.16. The minimum Gasteiger partial charge on any atom is -0.369 e. The molecule has 1 aliphatic heterocycles. The van der Waals surface area contributed by atoms with E-state index in [4.69, 9.17) is 5.73 Å². The van der Waals surface area contributed by atoms with Crippen molar-refractivity contribution in [1.82, 2.24) is 14.8 Å². The van der Waals surface area contributed by atoms with Crippen molar-refractivity contribution in [2.75, 3.05) is 26.2 Å². The van der Waals surface area contributed by atoms with Gasteiger partial charge in [0.25, 0.3) is 0 Å². The van der Waals surface area contributed by atoms with E-state index in [2.05, 4.69) is 22.0 Å². The number of aromatic amines is 1. The van der Waals surface area contributed by atoms with E-state index in [1.54, 1.807) is 4.90 Å². The van der Waals surface area contributed by atoms with Crippen molar-refractivity contribution in [2.45, 2.75) is 13.5 Å². The van der Waals surface area contributed by atoms with Crippen molar-refractivity contribution in [3.63, 3.8) is 0 Å². The summed E-state index contributed by atoms with van der Waals surface area (Å²) in [5.74, 6) is -0.680. The number of nitrogens with one attached hydrogen (secondary N) is 1. The first kappa shape index (κ1) is 15.6. The van der Waals surface area contributed by atoms with E-state index in [0.717, 1.165) is 18.6 Å². The largest absolute Gasteiger partial charge is 0.369 e. The van der Waals surface area contributed by atoms with Crippen molar-refractivity contribution in [3.05, 3.63) is 36.0 Å². The predicted octanol–water partition coefficient (Wildman–Crippen LogP) is 0.933. The molecule has 6 heteroatoms. The van der Waals surface area contributed by atoms with E-state index < -0.39 is 0 Å². The van der Waals surface area contributed by atoms with Gasteiger partial charge in [0.2, 0.25) is 11.8 Å². The molecule has 1 fully saturated rings. The number of fused-ring (bicyclic) bond motifs is 1. The van der Waals surface area contributed by atoms with E-state index in [0.29, 0.717) is 19.6 Å². The highest BCUT2D eigenvalue weighted by atomic mass is 16.2. The Morgan fingerprint density at radius 2 is 2.09 bits per heavy atom. The van der Waals surface area contributed by atoms with E-state index >= 15 is 0 Å². The van der Waals surface area contributed by atoms with Gasteiger partial charge in [-0.05, 0) is 17.7 Å². The molecule has 1 aliphatic rings. The highest BCUT2D eigenvalue weighted by Crippen LogP contribution is 2.20. The average Bonchev–Trinajstić information content (AvgIpc) is 2.88. The molecule has 1 saturated heterocycles. The number of amides is 2. The van der Waals surface area contributed by atoms with Gasteiger partial charge in [-0.2, -0.15) is 0 Å². The van der Waals surface area contributed by atoms with Crippen molar-refractivity contribution >= 4 is 22.7 Å². The van der Waals surface area contributed by atoms with Gasteiger partial charge in [0.05, 0.1) is 5.92 Å². The normalized spacial score (nSPS) is 19.7. The van der Waals surface area contributed by atoms with E-state index in [9.17, 15) is 9.59 Å². The van der Waals surface area contributed by atoms with Crippen LogP contribution in [0.15, 0.2) is 30.5 Å². The number of nitrogens with zero attached hydrogens (tertiary/aromatic N) is 2. The third-order valence-electron chi connectivity index (χ3n) is 4.53. The quantitative estimate of drug-likeness (QED) is 0.884. The van der Waals surface area contributed by atoms with E-state index in [1.165, 1.54) is 17.9 Å². The van der Waals surface area contributed by atoms with Crippen LogP contribution in [0.5, 0.6) is 0 Å². The third-order valence-corrected chi connectivity index (χ3v) is 4.53. The van der Waals surface area contributed by atoms with Gasteiger partial charge in [-0.1, -0.05) is 12.1 Å². The van der Waals surface area contributed by atoms with Crippen LogP contribution in [-0.4, -0.2) is 52.8 Å². The summed E-state index contributed by atoms with van der Waals surface area (Å²) in [4.78, 5) is 30.5. The summed E-state index contributed by atoms with van der Waals surface area (Å²) in [6, 6.07) is 8.24. The Labute approximate surface area is 135 Å².